The summed E-state index contributed by atoms with van der Waals surface area (Å²) >= 11 is 0. The van der Waals surface area contributed by atoms with E-state index in [1.165, 1.54) is 20.2 Å². The summed E-state index contributed by atoms with van der Waals surface area (Å²) in [7, 11) is 5.24. The van der Waals surface area contributed by atoms with Gasteiger partial charge in [-0.05, 0) is 87.0 Å². The zero-order valence-corrected chi connectivity index (χ0v) is 38.4. The second-order valence-electron chi connectivity index (χ2n) is 18.4. The number of hydrazone groups is 1. The minimum atomic E-state index is -2.01. The second kappa shape index (κ2) is 21.3. The predicted octanol–water partition coefficient (Wildman–Crippen LogP) is 3.30. The minimum absolute atomic E-state index is 0.0185. The maximum Gasteiger partial charge on any atom is 0.311 e. The molecule has 3 aliphatic rings. The van der Waals surface area contributed by atoms with E-state index in [4.69, 9.17) is 33.2 Å². The molecule has 3 saturated heterocycles. The Morgan fingerprint density at radius 3 is 2.26 bits per heavy atom. The highest BCUT2D eigenvalue weighted by Gasteiger charge is 2.54. The van der Waals surface area contributed by atoms with Crippen LogP contribution < -0.4 is 5.43 Å². The number of likely N-dealkylation sites (N-methyl/N-ethyl adjacent to an activating group) is 1. The van der Waals surface area contributed by atoms with Crippen LogP contribution >= 0.6 is 0 Å². The van der Waals surface area contributed by atoms with Crippen LogP contribution in [-0.2, 0) is 42.7 Å². The van der Waals surface area contributed by atoms with Gasteiger partial charge in [0.1, 0.15) is 35.5 Å². The first-order chi connectivity index (χ1) is 28.5. The van der Waals surface area contributed by atoms with Gasteiger partial charge in [-0.15, -0.1) is 0 Å². The lowest BCUT2D eigenvalue weighted by Gasteiger charge is -2.50. The number of aliphatic hydroxyl groups excluding tert-OH is 3. The van der Waals surface area contributed by atoms with Gasteiger partial charge in [-0.2, -0.15) is 5.10 Å². The smallest absolute Gasteiger partial charge is 0.311 e. The first kappa shape index (κ1) is 51.0. The molecule has 61 heavy (non-hydrogen) atoms. The van der Waals surface area contributed by atoms with Gasteiger partial charge in [0.2, 0.25) is 0 Å². The number of nitrogens with zero attached hydrogens (tertiary/aromatic N) is 3. The summed E-state index contributed by atoms with van der Waals surface area (Å²) in [6, 6.07) is 5.01. The number of esters is 1. The number of nitrogens with one attached hydrogen (secondary N) is 1. The Morgan fingerprint density at radius 2 is 1.66 bits per heavy atom. The Kier molecular flexibility index (Phi) is 17.8. The zero-order chi connectivity index (χ0) is 45.6. The summed E-state index contributed by atoms with van der Waals surface area (Å²) in [5.74, 6) is -4.35. The van der Waals surface area contributed by atoms with E-state index in [9.17, 15) is 30.0 Å². The lowest BCUT2D eigenvalue weighted by Crippen LogP contribution is -2.61. The van der Waals surface area contributed by atoms with E-state index in [0.717, 1.165) is 0 Å². The van der Waals surface area contributed by atoms with Crippen molar-refractivity contribution in [3.63, 3.8) is 0 Å². The van der Waals surface area contributed by atoms with Crippen LogP contribution in [-0.4, -0.2) is 160 Å². The van der Waals surface area contributed by atoms with Gasteiger partial charge in [-0.3, -0.25) is 15.0 Å². The highest BCUT2D eigenvalue weighted by Crippen LogP contribution is 2.42. The summed E-state index contributed by atoms with van der Waals surface area (Å²) in [6.45, 7) is 16.9. The number of ketones is 1. The molecule has 5 N–H and O–H groups in total. The van der Waals surface area contributed by atoms with Crippen molar-refractivity contribution in [2.45, 2.75) is 179 Å². The molecular formula is C44H74N4O13. The largest absolute Gasteiger partial charge is 0.459 e. The number of methoxy groups -OCH3 is 1. The van der Waals surface area contributed by atoms with E-state index in [2.05, 4.69) is 15.5 Å². The van der Waals surface area contributed by atoms with Gasteiger partial charge >= 0.3 is 5.97 Å². The van der Waals surface area contributed by atoms with Gasteiger partial charge in [0.25, 0.3) is 0 Å². The second-order valence-corrected chi connectivity index (χ2v) is 18.4. The summed E-state index contributed by atoms with van der Waals surface area (Å²) in [6.07, 6.45) is -6.39. The number of Topliss-reactive ketones (excluding diaryl/α,β-unsaturated/α-hetero) is 1. The molecule has 0 amide bonds. The van der Waals surface area contributed by atoms with E-state index in [1.54, 1.807) is 66.8 Å². The van der Waals surface area contributed by atoms with Gasteiger partial charge in [0.05, 0.1) is 60.5 Å². The molecule has 0 bridgehead atoms. The SMILES string of the molecule is CC[C@H]1OC(=O)[C@H](C)[C@@H](O[C@H]2C[C@@](C)(OC)[C@@H](O)[C@H](C)O2)[C@H](C)[C@@H](O[C@@H]2O[C@H](C)C[C@H](N(C)C)[C@H]2O)[C@@](C)(OC/C=N/Nc2ccccn2)C[C@@H](C)C(=O)[C@H](C)[C@@H](O)[C@]1(C)O. The van der Waals surface area contributed by atoms with Crippen molar-refractivity contribution < 1.29 is 63.2 Å². The fourth-order valence-electron chi connectivity index (χ4n) is 9.33. The molecule has 1 aromatic heterocycles. The third-order valence-electron chi connectivity index (χ3n) is 13.2. The molecule has 17 heteroatoms. The number of hydrogen-bond donors (Lipinski definition) is 5. The van der Waals surface area contributed by atoms with Crippen molar-refractivity contribution in [1.29, 1.82) is 0 Å². The number of pyridine rings is 1. The molecule has 18 atom stereocenters. The molecule has 4 rings (SSSR count). The Bertz CT molecular complexity index is 1590. The van der Waals surface area contributed by atoms with Gasteiger partial charge in [-0.25, -0.2) is 4.98 Å². The lowest BCUT2D eigenvalue weighted by molar-refractivity contribution is -0.320. The number of rotatable bonds is 12. The van der Waals surface area contributed by atoms with Crippen molar-refractivity contribution in [2.75, 3.05) is 33.2 Å². The van der Waals surface area contributed by atoms with Gasteiger partial charge in [0, 0.05) is 43.5 Å². The average molecular weight is 867 g/mol. The lowest BCUT2D eigenvalue weighted by atomic mass is 9.73. The Labute approximate surface area is 361 Å². The molecule has 0 radical (unpaired) electrons. The molecule has 0 saturated carbocycles. The molecule has 1 aromatic rings. The highest BCUT2D eigenvalue weighted by molar-refractivity contribution is 5.83. The van der Waals surface area contributed by atoms with Crippen LogP contribution in [0, 0.1) is 23.7 Å². The van der Waals surface area contributed by atoms with E-state index in [-0.39, 0.29) is 43.8 Å². The minimum Gasteiger partial charge on any atom is -0.459 e. The number of carbonyl (C=O) groups is 2. The molecule has 3 fully saturated rings. The number of aliphatic hydroxyl groups is 4. The fourth-order valence-corrected chi connectivity index (χ4v) is 9.33. The first-order valence-corrected chi connectivity index (χ1v) is 21.7. The number of carbonyl (C=O) groups excluding carboxylic acids is 2. The van der Waals surface area contributed by atoms with Crippen LogP contribution in [0.3, 0.4) is 0 Å². The Hall–Kier alpha value is -2.68. The number of cyclic esters (lactones) is 1. The van der Waals surface area contributed by atoms with E-state index in [0.29, 0.717) is 12.2 Å². The molecule has 4 heterocycles. The Morgan fingerprint density at radius 1 is 0.967 bits per heavy atom. The normalized spacial score (nSPS) is 43.5. The molecular weight excluding hydrogens is 792 g/mol. The average Bonchev–Trinajstić information content (AvgIpc) is 3.22. The molecule has 0 unspecified atom stereocenters. The molecule has 3 aliphatic heterocycles. The fraction of sp³-hybridized carbons (Fsp3) is 0.818. The van der Waals surface area contributed by atoms with Crippen LogP contribution in [0.1, 0.15) is 94.9 Å². The van der Waals surface area contributed by atoms with Gasteiger partial charge < -0.3 is 58.5 Å². The number of ether oxygens (including phenoxy) is 7. The number of anilines is 1. The van der Waals surface area contributed by atoms with Gasteiger partial charge in [-0.1, -0.05) is 33.8 Å². The van der Waals surface area contributed by atoms with E-state index < -0.39 is 102 Å². The maximum atomic E-state index is 14.4. The van der Waals surface area contributed by atoms with Crippen molar-refractivity contribution >= 4 is 23.8 Å². The molecule has 0 spiro atoms. The third-order valence-corrected chi connectivity index (χ3v) is 13.2. The summed E-state index contributed by atoms with van der Waals surface area (Å²) in [4.78, 5) is 34.9. The van der Waals surface area contributed by atoms with Crippen molar-refractivity contribution in [2.24, 2.45) is 28.8 Å². The van der Waals surface area contributed by atoms with Crippen LogP contribution in [0.5, 0.6) is 0 Å². The van der Waals surface area contributed by atoms with E-state index >= 15 is 0 Å². The number of aromatic nitrogens is 1. The van der Waals surface area contributed by atoms with E-state index in [1.807, 2.05) is 38.9 Å². The zero-order valence-electron chi connectivity index (χ0n) is 38.4. The third kappa shape index (κ3) is 11.9. The summed E-state index contributed by atoms with van der Waals surface area (Å²) in [5.41, 5.74) is -1.64. The molecule has 17 nitrogen and oxygen atoms in total. The van der Waals surface area contributed by atoms with Crippen LogP contribution in [0.4, 0.5) is 5.82 Å². The monoisotopic (exact) mass is 867 g/mol. The standard InChI is InChI=1S/C44H74N4O13/c1-14-31-44(10,54)37(51)26(4)34(49)24(2)22-43(9,56-20-19-46-47-32-17-15-16-18-45-32)39(61-41-35(50)30(48(11)12)21-25(3)57-41)27(5)36(28(6)40(53)59-31)60-33-23-42(8,55-13)38(52)29(7)58-33/h15-19,24-31,33,35-39,41,50-52,54H,14,20-23H2,1-13H3,(H,45,47)/b46-19+/t24-,25-,26+,27+,28-,29+,30+,31-,33+,35-,36+,37-,38+,39-,41+,42-,43+,44-/m1/s1. The quantitative estimate of drug-likeness (QED) is 0.116. The highest BCUT2D eigenvalue weighted by atomic mass is 16.7. The van der Waals surface area contributed by atoms with Crippen molar-refractivity contribution in [3.05, 3.63) is 24.4 Å². The van der Waals surface area contributed by atoms with Crippen LogP contribution in [0.25, 0.3) is 0 Å². The predicted molar refractivity (Wildman–Crippen MR) is 226 cm³/mol. The van der Waals surface area contributed by atoms with Crippen LogP contribution in [0.15, 0.2) is 29.5 Å². The first-order valence-electron chi connectivity index (χ1n) is 21.7. The molecule has 348 valence electrons. The summed E-state index contributed by atoms with van der Waals surface area (Å²) < 4.78 is 45.0. The summed E-state index contributed by atoms with van der Waals surface area (Å²) in [5, 5.41) is 50.6. The Balaban J connectivity index is 1.90. The maximum absolute atomic E-state index is 14.4. The molecule has 0 aliphatic carbocycles. The van der Waals surface area contributed by atoms with Gasteiger partial charge in [0.15, 0.2) is 12.6 Å². The van der Waals surface area contributed by atoms with Crippen molar-refractivity contribution in [3.8, 4) is 0 Å². The molecule has 0 aromatic carbocycles. The van der Waals surface area contributed by atoms with Crippen LogP contribution in [0.2, 0.25) is 0 Å². The van der Waals surface area contributed by atoms with Crippen molar-refractivity contribution in [1.82, 2.24) is 9.88 Å². The topological polar surface area (TPSA) is 220 Å². The number of hydrogen-bond acceptors (Lipinski definition) is 17.